The SMILES string of the molecule is CC(C)SSC(=S)N1CCOCC1. The second kappa shape index (κ2) is 6.11. The zero-order valence-electron chi connectivity index (χ0n) is 7.99. The van der Waals surface area contributed by atoms with Crippen molar-refractivity contribution < 1.29 is 4.74 Å². The molecule has 5 heteroatoms. The lowest BCUT2D eigenvalue weighted by Gasteiger charge is -2.28. The molecular weight excluding hydrogens is 222 g/mol. The second-order valence-electron chi connectivity index (χ2n) is 3.09. The van der Waals surface area contributed by atoms with Gasteiger partial charge in [-0.2, -0.15) is 0 Å². The van der Waals surface area contributed by atoms with Crippen LogP contribution in [0.15, 0.2) is 0 Å². The van der Waals surface area contributed by atoms with Gasteiger partial charge in [-0.25, -0.2) is 0 Å². The molecule has 1 saturated heterocycles. The maximum Gasteiger partial charge on any atom is 0.147 e. The molecule has 0 saturated carbocycles. The van der Waals surface area contributed by atoms with Crippen molar-refractivity contribution in [3.8, 4) is 0 Å². The first-order chi connectivity index (χ1) is 6.20. The van der Waals surface area contributed by atoms with Gasteiger partial charge in [-0.15, -0.1) is 0 Å². The van der Waals surface area contributed by atoms with E-state index in [0.29, 0.717) is 5.25 Å². The summed E-state index contributed by atoms with van der Waals surface area (Å²) in [5, 5.41) is 0.629. The number of thiocarbonyl (C=S) groups is 1. The van der Waals surface area contributed by atoms with E-state index in [4.69, 9.17) is 17.0 Å². The smallest absolute Gasteiger partial charge is 0.147 e. The van der Waals surface area contributed by atoms with Crippen molar-refractivity contribution in [2.24, 2.45) is 0 Å². The minimum Gasteiger partial charge on any atom is -0.378 e. The van der Waals surface area contributed by atoms with Gasteiger partial charge in [0.15, 0.2) is 0 Å². The van der Waals surface area contributed by atoms with Crippen LogP contribution < -0.4 is 0 Å². The van der Waals surface area contributed by atoms with Gasteiger partial charge in [-0.05, 0) is 10.8 Å². The minimum atomic E-state index is 0.629. The molecule has 0 unspecified atom stereocenters. The van der Waals surface area contributed by atoms with Gasteiger partial charge >= 0.3 is 0 Å². The van der Waals surface area contributed by atoms with Crippen LogP contribution >= 0.6 is 33.8 Å². The Labute approximate surface area is 93.2 Å². The van der Waals surface area contributed by atoms with Crippen LogP contribution in [0.2, 0.25) is 0 Å². The van der Waals surface area contributed by atoms with Crippen molar-refractivity contribution >= 4 is 38.1 Å². The Bertz CT molecular complexity index is 169. The number of nitrogens with zero attached hydrogens (tertiary/aromatic N) is 1. The topological polar surface area (TPSA) is 12.5 Å². The second-order valence-corrected chi connectivity index (χ2v) is 6.50. The predicted molar refractivity (Wildman–Crippen MR) is 65.3 cm³/mol. The molecule has 1 rings (SSSR count). The third kappa shape index (κ3) is 4.54. The van der Waals surface area contributed by atoms with Crippen molar-refractivity contribution in [1.82, 2.24) is 4.90 Å². The van der Waals surface area contributed by atoms with Crippen LogP contribution in [-0.2, 0) is 4.74 Å². The quantitative estimate of drug-likeness (QED) is 0.538. The Kier molecular flexibility index (Phi) is 5.47. The summed E-state index contributed by atoms with van der Waals surface area (Å²) in [6, 6.07) is 0. The lowest BCUT2D eigenvalue weighted by atomic mass is 10.5. The van der Waals surface area contributed by atoms with E-state index < -0.39 is 0 Å². The highest BCUT2D eigenvalue weighted by Crippen LogP contribution is 2.29. The molecule has 0 aromatic rings. The zero-order chi connectivity index (χ0) is 9.68. The molecule has 0 aliphatic carbocycles. The minimum absolute atomic E-state index is 0.629. The summed E-state index contributed by atoms with van der Waals surface area (Å²) >= 11 is 5.30. The molecule has 76 valence electrons. The van der Waals surface area contributed by atoms with E-state index in [0.717, 1.165) is 30.6 Å². The summed E-state index contributed by atoms with van der Waals surface area (Å²) in [5.74, 6) is 0. The molecule has 1 heterocycles. The molecule has 1 aliphatic rings. The van der Waals surface area contributed by atoms with Gasteiger partial charge in [0.2, 0.25) is 0 Å². The average Bonchev–Trinajstić information content (AvgIpc) is 2.15. The van der Waals surface area contributed by atoms with E-state index in [1.807, 2.05) is 10.8 Å². The van der Waals surface area contributed by atoms with Gasteiger partial charge in [0, 0.05) is 18.3 Å². The van der Waals surface area contributed by atoms with E-state index in [1.165, 1.54) is 0 Å². The number of hydrogen-bond acceptors (Lipinski definition) is 4. The van der Waals surface area contributed by atoms with E-state index in [1.54, 1.807) is 10.8 Å². The summed E-state index contributed by atoms with van der Waals surface area (Å²) < 4.78 is 6.26. The lowest BCUT2D eigenvalue weighted by molar-refractivity contribution is 0.0703. The summed E-state index contributed by atoms with van der Waals surface area (Å²) in [6.45, 7) is 7.88. The molecule has 0 radical (unpaired) electrons. The summed E-state index contributed by atoms with van der Waals surface area (Å²) in [4.78, 5) is 2.22. The first kappa shape index (κ1) is 11.6. The first-order valence-corrected chi connectivity index (χ1v) is 7.02. The molecule has 0 N–H and O–H groups in total. The lowest BCUT2D eigenvalue weighted by Crippen LogP contribution is -2.38. The van der Waals surface area contributed by atoms with Crippen LogP contribution in [0.1, 0.15) is 13.8 Å². The predicted octanol–water partition coefficient (Wildman–Crippen LogP) is 2.39. The van der Waals surface area contributed by atoms with E-state index >= 15 is 0 Å². The van der Waals surface area contributed by atoms with Gasteiger partial charge in [-0.3, -0.25) is 0 Å². The maximum absolute atomic E-state index is 5.30. The third-order valence-corrected chi connectivity index (χ3v) is 5.20. The van der Waals surface area contributed by atoms with Crippen molar-refractivity contribution in [3.63, 3.8) is 0 Å². The molecule has 0 bridgehead atoms. The van der Waals surface area contributed by atoms with Crippen molar-refractivity contribution in [3.05, 3.63) is 0 Å². The maximum atomic E-state index is 5.30. The number of hydrogen-bond donors (Lipinski definition) is 0. The van der Waals surface area contributed by atoms with Gasteiger partial charge in [-0.1, -0.05) is 36.9 Å². The average molecular weight is 237 g/mol. The summed E-state index contributed by atoms with van der Waals surface area (Å²) in [5.41, 5.74) is 0. The Morgan fingerprint density at radius 3 is 2.54 bits per heavy atom. The Balaban J connectivity index is 2.21. The normalized spacial score (nSPS) is 17.9. The summed E-state index contributed by atoms with van der Waals surface area (Å²) in [7, 11) is 3.54. The van der Waals surface area contributed by atoms with Gasteiger partial charge in [0.25, 0.3) is 0 Å². The molecule has 0 aromatic heterocycles. The number of ether oxygens (including phenoxy) is 1. The zero-order valence-corrected chi connectivity index (χ0v) is 10.4. The van der Waals surface area contributed by atoms with Gasteiger partial charge in [0.05, 0.1) is 13.2 Å². The molecule has 0 aromatic carbocycles. The van der Waals surface area contributed by atoms with Crippen molar-refractivity contribution in [2.75, 3.05) is 26.3 Å². The van der Waals surface area contributed by atoms with Crippen molar-refractivity contribution in [1.29, 1.82) is 0 Å². The fraction of sp³-hybridized carbons (Fsp3) is 0.875. The monoisotopic (exact) mass is 237 g/mol. The molecule has 1 aliphatic heterocycles. The molecule has 1 fully saturated rings. The fourth-order valence-electron chi connectivity index (χ4n) is 0.936. The Morgan fingerprint density at radius 1 is 1.38 bits per heavy atom. The van der Waals surface area contributed by atoms with Crippen LogP contribution in [0.25, 0.3) is 0 Å². The van der Waals surface area contributed by atoms with Crippen LogP contribution in [-0.4, -0.2) is 40.8 Å². The van der Waals surface area contributed by atoms with Crippen LogP contribution in [0.4, 0.5) is 0 Å². The fourth-order valence-corrected chi connectivity index (χ4v) is 3.18. The van der Waals surface area contributed by atoms with Crippen LogP contribution in [0.3, 0.4) is 0 Å². The van der Waals surface area contributed by atoms with Crippen LogP contribution in [0.5, 0.6) is 0 Å². The first-order valence-electron chi connectivity index (χ1n) is 4.40. The molecule has 13 heavy (non-hydrogen) atoms. The Morgan fingerprint density at radius 2 is 2.00 bits per heavy atom. The molecular formula is C8H15NOS3. The largest absolute Gasteiger partial charge is 0.378 e. The van der Waals surface area contributed by atoms with E-state index in [2.05, 4.69) is 18.7 Å². The third-order valence-electron chi connectivity index (χ3n) is 1.58. The standard InChI is InChI=1S/C8H15NOS3/c1-7(2)12-13-8(11)9-3-5-10-6-4-9/h7H,3-6H2,1-2H3. The van der Waals surface area contributed by atoms with E-state index in [9.17, 15) is 0 Å². The molecule has 0 spiro atoms. The molecule has 0 atom stereocenters. The number of rotatable bonds is 2. The Hall–Kier alpha value is 0.550. The molecule has 2 nitrogen and oxygen atoms in total. The van der Waals surface area contributed by atoms with Crippen LogP contribution in [0, 0.1) is 0 Å². The van der Waals surface area contributed by atoms with Crippen molar-refractivity contribution in [2.45, 2.75) is 19.1 Å². The highest BCUT2D eigenvalue weighted by molar-refractivity contribution is 8.83. The van der Waals surface area contributed by atoms with E-state index in [-0.39, 0.29) is 0 Å². The highest BCUT2D eigenvalue weighted by atomic mass is 33.1. The molecule has 0 amide bonds. The summed E-state index contributed by atoms with van der Waals surface area (Å²) in [6.07, 6.45) is 0. The van der Waals surface area contributed by atoms with Gasteiger partial charge < -0.3 is 9.64 Å². The highest BCUT2D eigenvalue weighted by Gasteiger charge is 2.14. The number of morpholine rings is 1. The van der Waals surface area contributed by atoms with Gasteiger partial charge in [0.1, 0.15) is 4.32 Å².